The first-order chi connectivity index (χ1) is 19.3. The van der Waals surface area contributed by atoms with Gasteiger partial charge >= 0.3 is 6.18 Å². The van der Waals surface area contributed by atoms with E-state index in [9.17, 15) is 35.6 Å². The molecule has 0 fully saturated rings. The Hall–Kier alpha value is -3.64. The van der Waals surface area contributed by atoms with Gasteiger partial charge in [-0.25, -0.2) is 12.8 Å². The minimum atomic E-state index is -4.90. The predicted molar refractivity (Wildman–Crippen MR) is 147 cm³/mol. The summed E-state index contributed by atoms with van der Waals surface area (Å²) in [5.41, 5.74) is -1.30. The molecule has 1 atom stereocenters. The van der Waals surface area contributed by atoms with Crippen molar-refractivity contribution in [3.05, 3.63) is 94.8 Å². The van der Waals surface area contributed by atoms with Gasteiger partial charge in [0, 0.05) is 13.1 Å². The minimum absolute atomic E-state index is 0.201. The quantitative estimate of drug-likeness (QED) is 0.284. The number of alkyl halides is 3. The van der Waals surface area contributed by atoms with Crippen molar-refractivity contribution >= 4 is 39.1 Å². The fourth-order valence-corrected chi connectivity index (χ4v) is 5.55. The van der Waals surface area contributed by atoms with Crippen molar-refractivity contribution in [2.45, 2.75) is 43.9 Å². The molecule has 0 aromatic heterocycles. The Labute approximate surface area is 240 Å². The van der Waals surface area contributed by atoms with E-state index in [0.717, 1.165) is 17.0 Å². The third-order valence-electron chi connectivity index (χ3n) is 6.14. The molecule has 0 aliphatic rings. The SMILES string of the molecule is CCCNC(=O)[C@@H](C)N(Cc1ccc(F)cc1)C(=O)CN(c1ccc(Cl)c(C(F)(F)F)c1)S(=O)(=O)c1ccccc1. The molecule has 1 N–H and O–H groups in total. The van der Waals surface area contributed by atoms with Crippen molar-refractivity contribution in [1.29, 1.82) is 0 Å². The number of carbonyl (C=O) groups is 2. The van der Waals surface area contributed by atoms with Crippen LogP contribution in [0.5, 0.6) is 0 Å². The van der Waals surface area contributed by atoms with E-state index >= 15 is 0 Å². The third-order valence-corrected chi connectivity index (χ3v) is 8.25. The maximum atomic E-state index is 13.8. The molecule has 0 radical (unpaired) electrons. The minimum Gasteiger partial charge on any atom is -0.354 e. The molecule has 0 unspecified atom stereocenters. The lowest BCUT2D eigenvalue weighted by molar-refractivity contribution is -0.139. The van der Waals surface area contributed by atoms with Crippen LogP contribution in [0, 0.1) is 5.82 Å². The van der Waals surface area contributed by atoms with E-state index in [4.69, 9.17) is 11.6 Å². The summed E-state index contributed by atoms with van der Waals surface area (Å²) in [7, 11) is -4.57. The highest BCUT2D eigenvalue weighted by molar-refractivity contribution is 7.92. The van der Waals surface area contributed by atoms with Crippen LogP contribution in [0.15, 0.2) is 77.7 Å². The first-order valence-electron chi connectivity index (χ1n) is 12.5. The molecular formula is C28H28ClF4N3O4S. The van der Waals surface area contributed by atoms with Crippen molar-refractivity contribution < 1.29 is 35.6 Å². The smallest absolute Gasteiger partial charge is 0.354 e. The van der Waals surface area contributed by atoms with Gasteiger partial charge in [-0.05, 0) is 61.4 Å². The summed E-state index contributed by atoms with van der Waals surface area (Å²) in [6, 6.07) is 13.4. The van der Waals surface area contributed by atoms with E-state index in [1.54, 1.807) is 6.07 Å². The molecule has 0 bridgehead atoms. The van der Waals surface area contributed by atoms with Crippen LogP contribution in [0.1, 0.15) is 31.4 Å². The van der Waals surface area contributed by atoms with E-state index in [2.05, 4.69) is 5.32 Å². The Morgan fingerprint density at radius 3 is 2.22 bits per heavy atom. The lowest BCUT2D eigenvalue weighted by atomic mass is 10.1. The number of rotatable bonds is 11. The lowest BCUT2D eigenvalue weighted by Crippen LogP contribution is -2.51. The molecule has 0 saturated heterocycles. The highest BCUT2D eigenvalue weighted by Gasteiger charge is 2.36. The van der Waals surface area contributed by atoms with Gasteiger partial charge in [0.15, 0.2) is 0 Å². The number of anilines is 1. The molecule has 0 saturated carbocycles. The average molecular weight is 614 g/mol. The third kappa shape index (κ3) is 7.98. The Balaban J connectivity index is 2.09. The Kier molecular flexibility index (Phi) is 10.4. The number of amides is 2. The van der Waals surface area contributed by atoms with Crippen LogP contribution in [0.25, 0.3) is 0 Å². The summed E-state index contributed by atoms with van der Waals surface area (Å²) < 4.78 is 82.5. The number of hydrogen-bond donors (Lipinski definition) is 1. The topological polar surface area (TPSA) is 86.8 Å². The zero-order valence-corrected chi connectivity index (χ0v) is 23.7. The average Bonchev–Trinajstić information content (AvgIpc) is 2.94. The Bertz CT molecular complexity index is 1470. The molecule has 0 aliphatic carbocycles. The molecule has 220 valence electrons. The van der Waals surface area contributed by atoms with Gasteiger partial charge in [0.25, 0.3) is 10.0 Å². The largest absolute Gasteiger partial charge is 0.417 e. The van der Waals surface area contributed by atoms with E-state index in [1.807, 2.05) is 6.92 Å². The van der Waals surface area contributed by atoms with E-state index in [-0.39, 0.29) is 11.4 Å². The zero-order chi connectivity index (χ0) is 30.4. The van der Waals surface area contributed by atoms with Gasteiger partial charge in [0.1, 0.15) is 18.4 Å². The molecular weight excluding hydrogens is 586 g/mol. The van der Waals surface area contributed by atoms with Crippen molar-refractivity contribution in [2.24, 2.45) is 0 Å². The number of benzene rings is 3. The number of carbonyl (C=O) groups excluding carboxylic acids is 2. The van der Waals surface area contributed by atoms with Gasteiger partial charge in [-0.1, -0.05) is 48.9 Å². The number of nitrogens with one attached hydrogen (secondary N) is 1. The normalized spacial score (nSPS) is 12.5. The van der Waals surface area contributed by atoms with Crippen LogP contribution >= 0.6 is 11.6 Å². The second-order valence-corrected chi connectivity index (χ2v) is 11.4. The molecule has 41 heavy (non-hydrogen) atoms. The van der Waals surface area contributed by atoms with Crippen molar-refractivity contribution in [1.82, 2.24) is 10.2 Å². The molecule has 3 aromatic rings. The monoisotopic (exact) mass is 613 g/mol. The first-order valence-corrected chi connectivity index (χ1v) is 14.3. The molecule has 0 heterocycles. The lowest BCUT2D eigenvalue weighted by Gasteiger charge is -2.32. The summed E-state index contributed by atoms with van der Waals surface area (Å²) >= 11 is 5.76. The second-order valence-electron chi connectivity index (χ2n) is 9.10. The van der Waals surface area contributed by atoms with Crippen LogP contribution < -0.4 is 9.62 Å². The number of nitrogens with zero attached hydrogens (tertiary/aromatic N) is 2. The summed E-state index contributed by atoms with van der Waals surface area (Å²) in [6.07, 6.45) is -4.29. The molecule has 3 aromatic carbocycles. The van der Waals surface area contributed by atoms with Crippen LogP contribution in [0.2, 0.25) is 5.02 Å². The Morgan fingerprint density at radius 1 is 1.00 bits per heavy atom. The molecule has 2 amide bonds. The van der Waals surface area contributed by atoms with Gasteiger partial charge in [-0.2, -0.15) is 13.2 Å². The second kappa shape index (κ2) is 13.3. The number of sulfonamides is 1. The fourth-order valence-electron chi connectivity index (χ4n) is 3.90. The van der Waals surface area contributed by atoms with Crippen molar-refractivity contribution in [2.75, 3.05) is 17.4 Å². The Morgan fingerprint density at radius 2 is 1.63 bits per heavy atom. The van der Waals surface area contributed by atoms with E-state index < -0.39 is 62.7 Å². The molecule has 0 spiro atoms. The van der Waals surface area contributed by atoms with Gasteiger partial charge in [-0.3, -0.25) is 13.9 Å². The summed E-state index contributed by atoms with van der Waals surface area (Å²) in [4.78, 5) is 27.4. The molecule has 13 heteroatoms. The van der Waals surface area contributed by atoms with Gasteiger partial charge in [-0.15, -0.1) is 0 Å². The van der Waals surface area contributed by atoms with Crippen molar-refractivity contribution in [3.8, 4) is 0 Å². The van der Waals surface area contributed by atoms with Crippen LogP contribution in [-0.2, 0) is 32.3 Å². The van der Waals surface area contributed by atoms with Gasteiger partial charge < -0.3 is 10.2 Å². The summed E-state index contributed by atoms with van der Waals surface area (Å²) in [6.45, 7) is 2.45. The predicted octanol–water partition coefficient (Wildman–Crippen LogP) is 5.64. The van der Waals surface area contributed by atoms with Crippen molar-refractivity contribution in [3.63, 3.8) is 0 Å². The molecule has 0 aliphatic heterocycles. The maximum Gasteiger partial charge on any atom is 0.417 e. The van der Waals surface area contributed by atoms with Crippen LogP contribution in [-0.4, -0.2) is 44.3 Å². The molecule has 3 rings (SSSR count). The number of hydrogen-bond acceptors (Lipinski definition) is 4. The van der Waals surface area contributed by atoms with Gasteiger partial charge in [0.2, 0.25) is 11.8 Å². The first kappa shape index (κ1) is 31.9. The van der Waals surface area contributed by atoms with Gasteiger partial charge in [0.05, 0.1) is 21.2 Å². The van der Waals surface area contributed by atoms with E-state index in [0.29, 0.717) is 28.9 Å². The zero-order valence-electron chi connectivity index (χ0n) is 22.2. The summed E-state index contributed by atoms with van der Waals surface area (Å²) in [5.74, 6) is -1.93. The standard InChI is InChI=1S/C28H28ClF4N3O4S/c1-3-15-34-27(38)19(2)35(17-20-9-11-21(30)12-10-20)26(37)18-36(41(39,40)23-7-5-4-6-8-23)22-13-14-25(29)24(16-22)28(31,32)33/h4-14,16,19H,3,15,17-18H2,1-2H3,(H,34,38)/t19-/m1/s1. The van der Waals surface area contributed by atoms with Crippen LogP contribution in [0.4, 0.5) is 23.2 Å². The summed E-state index contributed by atoms with van der Waals surface area (Å²) in [5, 5.41) is 2.02. The molecule has 7 nitrogen and oxygen atoms in total. The van der Waals surface area contributed by atoms with Crippen LogP contribution in [0.3, 0.4) is 0 Å². The number of halogens is 5. The van der Waals surface area contributed by atoms with E-state index in [1.165, 1.54) is 55.5 Å². The maximum absolute atomic E-state index is 13.8. The highest BCUT2D eigenvalue weighted by atomic mass is 35.5. The fraction of sp³-hybridized carbons (Fsp3) is 0.286. The highest BCUT2D eigenvalue weighted by Crippen LogP contribution is 2.38.